The number of aliphatic imine (C=N–C) groups is 1. The molecular formula is C24H21F3N2O3. The fourth-order valence-corrected chi connectivity index (χ4v) is 4.07. The Morgan fingerprint density at radius 3 is 2.50 bits per heavy atom. The zero-order chi connectivity index (χ0) is 22.9. The van der Waals surface area contributed by atoms with E-state index in [1.807, 2.05) is 18.2 Å². The number of rotatable bonds is 4. The molecule has 0 saturated heterocycles. The first-order valence-electron chi connectivity index (χ1n) is 9.98. The zero-order valence-corrected chi connectivity index (χ0v) is 17.5. The van der Waals surface area contributed by atoms with E-state index in [1.54, 1.807) is 19.1 Å². The van der Waals surface area contributed by atoms with Crippen molar-refractivity contribution in [2.24, 2.45) is 4.99 Å². The van der Waals surface area contributed by atoms with Gasteiger partial charge in [0.25, 0.3) is 0 Å². The number of carbonyl (C=O) groups excluding carboxylic acids is 1. The first-order chi connectivity index (χ1) is 15.3. The summed E-state index contributed by atoms with van der Waals surface area (Å²) in [6.45, 7) is 1.88. The van der Waals surface area contributed by atoms with Gasteiger partial charge in [-0.1, -0.05) is 48.5 Å². The van der Waals surface area contributed by atoms with Crippen LogP contribution in [0.25, 0.3) is 0 Å². The minimum atomic E-state index is -4.60. The molecule has 2 aliphatic rings. The predicted octanol–water partition coefficient (Wildman–Crippen LogP) is 4.72. The summed E-state index contributed by atoms with van der Waals surface area (Å²) >= 11 is 0. The fourth-order valence-electron chi connectivity index (χ4n) is 4.07. The van der Waals surface area contributed by atoms with Gasteiger partial charge in [0.2, 0.25) is 5.90 Å². The van der Waals surface area contributed by atoms with Gasteiger partial charge in [0.05, 0.1) is 30.7 Å². The van der Waals surface area contributed by atoms with Gasteiger partial charge in [-0.15, -0.1) is 0 Å². The number of methoxy groups -OCH3 is 1. The molecule has 2 aliphatic heterocycles. The Morgan fingerprint density at radius 2 is 1.81 bits per heavy atom. The van der Waals surface area contributed by atoms with Gasteiger partial charge in [-0.05, 0) is 24.1 Å². The highest BCUT2D eigenvalue weighted by Gasteiger charge is 2.44. The summed E-state index contributed by atoms with van der Waals surface area (Å²) < 4.78 is 52.5. The largest absolute Gasteiger partial charge is 0.481 e. The summed E-state index contributed by atoms with van der Waals surface area (Å²) in [4.78, 5) is 17.5. The summed E-state index contributed by atoms with van der Waals surface area (Å²) in [7, 11) is 1.40. The number of hydrogen-bond acceptors (Lipinski definition) is 5. The topological polar surface area (TPSA) is 59.9 Å². The van der Waals surface area contributed by atoms with Gasteiger partial charge in [-0.3, -0.25) is 0 Å². The van der Waals surface area contributed by atoms with E-state index in [-0.39, 0.29) is 30.2 Å². The van der Waals surface area contributed by atoms with Crippen LogP contribution in [0.3, 0.4) is 0 Å². The van der Waals surface area contributed by atoms with Gasteiger partial charge in [0.1, 0.15) is 6.61 Å². The maximum atomic E-state index is 13.9. The van der Waals surface area contributed by atoms with Crippen LogP contribution in [0.1, 0.15) is 29.5 Å². The van der Waals surface area contributed by atoms with Crippen LogP contribution >= 0.6 is 0 Å². The molecule has 2 aromatic rings. The molecule has 0 bridgehead atoms. The number of halogens is 3. The van der Waals surface area contributed by atoms with Crippen molar-refractivity contribution < 1.29 is 27.4 Å². The molecule has 166 valence electrons. The Hall–Kier alpha value is -3.55. The summed E-state index contributed by atoms with van der Waals surface area (Å²) in [6.07, 6.45) is -4.60. The van der Waals surface area contributed by atoms with Crippen molar-refractivity contribution in [3.05, 3.63) is 93.8 Å². The number of carbonyl (C=O) groups is 1. The van der Waals surface area contributed by atoms with Crippen LogP contribution in [-0.4, -0.2) is 25.5 Å². The van der Waals surface area contributed by atoms with E-state index >= 15 is 0 Å². The Balaban J connectivity index is 1.79. The maximum absolute atomic E-state index is 13.9. The molecule has 1 N–H and O–H groups in total. The van der Waals surface area contributed by atoms with Gasteiger partial charge in [0.15, 0.2) is 0 Å². The lowest BCUT2D eigenvalue weighted by molar-refractivity contribution is -0.141. The summed E-state index contributed by atoms with van der Waals surface area (Å²) in [5, 5.41) is 3.11. The van der Waals surface area contributed by atoms with E-state index in [0.29, 0.717) is 17.0 Å². The van der Waals surface area contributed by atoms with E-state index in [2.05, 4.69) is 10.3 Å². The van der Waals surface area contributed by atoms with Crippen molar-refractivity contribution in [1.82, 2.24) is 5.32 Å². The third-order valence-corrected chi connectivity index (χ3v) is 5.46. The number of nitrogens with zero attached hydrogens (tertiary/aromatic N) is 1. The van der Waals surface area contributed by atoms with Crippen molar-refractivity contribution in [2.45, 2.75) is 25.6 Å². The normalized spacial score (nSPS) is 18.2. The lowest BCUT2D eigenvalue weighted by Gasteiger charge is -2.31. The lowest BCUT2D eigenvalue weighted by atomic mass is 9.78. The zero-order valence-electron chi connectivity index (χ0n) is 17.5. The fraction of sp³-hybridized carbons (Fsp3) is 0.250. The van der Waals surface area contributed by atoms with Gasteiger partial charge in [-0.25, -0.2) is 9.79 Å². The number of nitrogens with one attached hydrogen (secondary N) is 1. The molecule has 8 heteroatoms. The third-order valence-electron chi connectivity index (χ3n) is 5.46. The first-order valence-corrected chi connectivity index (χ1v) is 9.98. The molecule has 0 fully saturated rings. The second-order valence-corrected chi connectivity index (χ2v) is 7.46. The van der Waals surface area contributed by atoms with Gasteiger partial charge in [0, 0.05) is 17.0 Å². The highest BCUT2D eigenvalue weighted by molar-refractivity contribution is 6.03. The third kappa shape index (κ3) is 4.00. The van der Waals surface area contributed by atoms with Crippen LogP contribution in [0.2, 0.25) is 0 Å². The molecule has 2 heterocycles. The van der Waals surface area contributed by atoms with Gasteiger partial charge in [-0.2, -0.15) is 13.2 Å². The predicted molar refractivity (Wildman–Crippen MR) is 113 cm³/mol. The van der Waals surface area contributed by atoms with Crippen LogP contribution in [0, 0.1) is 0 Å². The number of benzene rings is 2. The average Bonchev–Trinajstić information content (AvgIpc) is 3.19. The number of dihydropyridines is 1. The van der Waals surface area contributed by atoms with Crippen molar-refractivity contribution in [2.75, 3.05) is 13.7 Å². The Morgan fingerprint density at radius 1 is 1.12 bits per heavy atom. The van der Waals surface area contributed by atoms with E-state index in [1.165, 1.54) is 25.3 Å². The summed E-state index contributed by atoms with van der Waals surface area (Å²) in [5.41, 5.74) is 1.46. The van der Waals surface area contributed by atoms with Crippen molar-refractivity contribution in [3.8, 4) is 0 Å². The summed E-state index contributed by atoms with van der Waals surface area (Å²) in [6, 6.07) is 14.3. The second kappa shape index (κ2) is 8.53. The maximum Gasteiger partial charge on any atom is 0.416 e. The number of allylic oxidation sites excluding steroid dienone is 1. The molecule has 0 radical (unpaired) electrons. The standard InChI is InChI=1S/C24H21F3N2O3/c1-14-19(23(30)32-13-15-8-4-3-5-9-15)20(21-18(29-14)12-28-22(21)31-2)16-10-6-7-11-17(16)24(25,26)27/h3-11,20,29H,12-13H2,1-2H3. The molecular weight excluding hydrogens is 421 g/mol. The highest BCUT2D eigenvalue weighted by Crippen LogP contribution is 2.45. The smallest absolute Gasteiger partial charge is 0.416 e. The van der Waals surface area contributed by atoms with Crippen LogP contribution in [-0.2, 0) is 27.1 Å². The molecule has 0 amide bonds. The number of ether oxygens (including phenoxy) is 2. The molecule has 32 heavy (non-hydrogen) atoms. The molecule has 1 unspecified atom stereocenters. The molecule has 0 aromatic heterocycles. The Bertz CT molecular complexity index is 1130. The minimum Gasteiger partial charge on any atom is -0.481 e. The molecule has 0 saturated carbocycles. The molecule has 5 nitrogen and oxygen atoms in total. The van der Waals surface area contributed by atoms with E-state index in [0.717, 1.165) is 11.6 Å². The Labute approximate surface area is 183 Å². The van der Waals surface area contributed by atoms with Crippen LogP contribution in [0.5, 0.6) is 0 Å². The van der Waals surface area contributed by atoms with Gasteiger partial charge < -0.3 is 14.8 Å². The number of hydrogen-bond donors (Lipinski definition) is 1. The lowest BCUT2D eigenvalue weighted by Crippen LogP contribution is -2.32. The number of alkyl halides is 3. The van der Waals surface area contributed by atoms with Crippen LogP contribution in [0.4, 0.5) is 13.2 Å². The highest BCUT2D eigenvalue weighted by atomic mass is 19.4. The molecule has 2 aromatic carbocycles. The monoisotopic (exact) mass is 442 g/mol. The Kier molecular flexibility index (Phi) is 5.78. The van der Waals surface area contributed by atoms with E-state index < -0.39 is 23.6 Å². The molecule has 4 rings (SSSR count). The quantitative estimate of drug-likeness (QED) is 0.696. The SMILES string of the molecule is COC1=NCC2=C1C(c1ccccc1C(F)(F)F)C(C(=O)OCc1ccccc1)=C(C)N2. The minimum absolute atomic E-state index is 0.00121. The van der Waals surface area contributed by atoms with E-state index in [9.17, 15) is 18.0 Å². The molecule has 0 spiro atoms. The van der Waals surface area contributed by atoms with Crippen LogP contribution in [0.15, 0.2) is 82.1 Å². The first kappa shape index (κ1) is 21.7. The average molecular weight is 442 g/mol. The van der Waals surface area contributed by atoms with Crippen molar-refractivity contribution >= 4 is 11.9 Å². The van der Waals surface area contributed by atoms with Crippen molar-refractivity contribution in [1.29, 1.82) is 0 Å². The van der Waals surface area contributed by atoms with Crippen LogP contribution < -0.4 is 5.32 Å². The number of esters is 1. The molecule has 0 aliphatic carbocycles. The summed E-state index contributed by atoms with van der Waals surface area (Å²) in [5.74, 6) is -1.53. The van der Waals surface area contributed by atoms with Crippen molar-refractivity contribution in [3.63, 3.8) is 0 Å². The van der Waals surface area contributed by atoms with Gasteiger partial charge >= 0.3 is 12.1 Å². The molecule has 1 atom stereocenters. The van der Waals surface area contributed by atoms with E-state index in [4.69, 9.17) is 9.47 Å². The second-order valence-electron chi connectivity index (χ2n) is 7.46.